The predicted octanol–water partition coefficient (Wildman–Crippen LogP) is 2.56. The first-order valence-electron chi connectivity index (χ1n) is 10.1. The van der Waals surface area contributed by atoms with Gasteiger partial charge in [-0.05, 0) is 47.9 Å². The first-order chi connectivity index (χ1) is 15.1. The van der Waals surface area contributed by atoms with Crippen molar-refractivity contribution in [2.45, 2.75) is 26.5 Å². The molecular formula is C23H22N6O2. The summed E-state index contributed by atoms with van der Waals surface area (Å²) in [5, 5.41) is 4.65. The van der Waals surface area contributed by atoms with Crippen LogP contribution in [0.5, 0.6) is 0 Å². The van der Waals surface area contributed by atoms with Crippen LogP contribution in [0.4, 0.5) is 5.82 Å². The van der Waals surface area contributed by atoms with Crippen LogP contribution >= 0.6 is 0 Å². The number of nitrogens with zero attached hydrogens (tertiary/aromatic N) is 6. The Hall–Kier alpha value is -3.65. The van der Waals surface area contributed by atoms with E-state index in [0.717, 1.165) is 41.2 Å². The summed E-state index contributed by atoms with van der Waals surface area (Å²) in [5.41, 5.74) is 6.32. The van der Waals surface area contributed by atoms with Gasteiger partial charge in [0.2, 0.25) is 0 Å². The number of rotatable bonds is 4. The van der Waals surface area contributed by atoms with Gasteiger partial charge >= 0.3 is 0 Å². The Balaban J connectivity index is 1.51. The second kappa shape index (κ2) is 7.88. The number of fused-ring (bicyclic) bond motifs is 2. The molecule has 5 heterocycles. The summed E-state index contributed by atoms with van der Waals surface area (Å²) in [5.74, 6) is 0.788. The zero-order chi connectivity index (χ0) is 21.4. The van der Waals surface area contributed by atoms with E-state index in [2.05, 4.69) is 26.0 Å². The van der Waals surface area contributed by atoms with Gasteiger partial charge in [0.1, 0.15) is 0 Å². The molecule has 0 fully saturated rings. The van der Waals surface area contributed by atoms with Crippen molar-refractivity contribution < 1.29 is 4.74 Å². The topological polar surface area (TPSA) is 85.5 Å². The lowest BCUT2D eigenvalue weighted by Crippen LogP contribution is -2.33. The molecular weight excluding hydrogens is 392 g/mol. The largest absolute Gasteiger partial charge is 0.378 e. The molecule has 5 rings (SSSR count). The van der Waals surface area contributed by atoms with Crippen molar-refractivity contribution in [3.63, 3.8) is 0 Å². The van der Waals surface area contributed by atoms with Crippen LogP contribution in [-0.4, -0.2) is 38.2 Å². The summed E-state index contributed by atoms with van der Waals surface area (Å²) in [7, 11) is 1.58. The van der Waals surface area contributed by atoms with E-state index in [1.807, 2.05) is 31.3 Å². The molecule has 0 aliphatic carbocycles. The molecule has 0 unspecified atom stereocenters. The van der Waals surface area contributed by atoms with Gasteiger partial charge in [-0.1, -0.05) is 0 Å². The van der Waals surface area contributed by atoms with Crippen LogP contribution in [0, 0.1) is 6.92 Å². The van der Waals surface area contributed by atoms with Gasteiger partial charge in [0.05, 0.1) is 12.3 Å². The predicted molar refractivity (Wildman–Crippen MR) is 117 cm³/mol. The summed E-state index contributed by atoms with van der Waals surface area (Å²) >= 11 is 0. The van der Waals surface area contributed by atoms with Gasteiger partial charge in [-0.2, -0.15) is 4.52 Å². The highest BCUT2D eigenvalue weighted by Crippen LogP contribution is 2.28. The lowest BCUT2D eigenvalue weighted by Gasteiger charge is -2.30. The molecule has 0 radical (unpaired) electrons. The van der Waals surface area contributed by atoms with E-state index < -0.39 is 0 Å². The number of pyridine rings is 2. The zero-order valence-corrected chi connectivity index (χ0v) is 17.4. The fraction of sp³-hybridized carbons (Fsp3) is 0.261. The average molecular weight is 414 g/mol. The van der Waals surface area contributed by atoms with Crippen LogP contribution in [0.3, 0.4) is 0 Å². The van der Waals surface area contributed by atoms with E-state index >= 15 is 0 Å². The molecule has 0 spiro atoms. The minimum atomic E-state index is -0.211. The monoisotopic (exact) mass is 414 g/mol. The Morgan fingerprint density at radius 3 is 2.77 bits per heavy atom. The Kier molecular flexibility index (Phi) is 4.91. The number of ether oxygens (including phenoxy) is 1. The first kappa shape index (κ1) is 19.3. The highest BCUT2D eigenvalue weighted by Gasteiger charge is 2.21. The highest BCUT2D eigenvalue weighted by molar-refractivity contribution is 5.63. The van der Waals surface area contributed by atoms with E-state index in [9.17, 15) is 4.79 Å². The number of hydrogen-bond donors (Lipinski definition) is 0. The van der Waals surface area contributed by atoms with Crippen molar-refractivity contribution in [1.29, 1.82) is 0 Å². The smallest absolute Gasteiger partial charge is 0.274 e. The van der Waals surface area contributed by atoms with E-state index in [4.69, 9.17) is 9.72 Å². The van der Waals surface area contributed by atoms with Crippen molar-refractivity contribution in [2.24, 2.45) is 0 Å². The molecule has 0 saturated heterocycles. The van der Waals surface area contributed by atoms with Crippen LogP contribution in [0.25, 0.3) is 16.8 Å². The maximum Gasteiger partial charge on any atom is 0.274 e. The van der Waals surface area contributed by atoms with Crippen LogP contribution in [0.1, 0.15) is 22.5 Å². The van der Waals surface area contributed by atoms with Gasteiger partial charge in [-0.15, -0.1) is 5.10 Å². The molecule has 0 N–H and O–H groups in total. The number of aromatic nitrogens is 5. The SMILES string of the molecule is COCc1cc(=O)n2nc(N3CCc4ncc(-c5ccncc5)cc4C3)c(C)cc2n1. The molecule has 0 atom stereocenters. The van der Waals surface area contributed by atoms with E-state index in [1.165, 1.54) is 16.1 Å². The van der Waals surface area contributed by atoms with Crippen molar-refractivity contribution >= 4 is 11.5 Å². The fourth-order valence-electron chi connectivity index (χ4n) is 4.01. The van der Waals surface area contributed by atoms with E-state index in [-0.39, 0.29) is 5.56 Å². The summed E-state index contributed by atoms with van der Waals surface area (Å²) < 4.78 is 6.47. The van der Waals surface area contributed by atoms with Gasteiger partial charge in [-0.25, -0.2) is 4.98 Å². The molecule has 0 aromatic carbocycles. The molecule has 31 heavy (non-hydrogen) atoms. The fourth-order valence-corrected chi connectivity index (χ4v) is 4.01. The standard InChI is InChI=1S/C23H22N6O2/c1-15-9-21-26-19(14-31-2)11-22(30)29(21)27-23(15)28-8-5-20-18(13-28)10-17(12-25-20)16-3-6-24-7-4-16/h3-4,6-7,9-12H,5,8,13-14H2,1-2H3. The third-order valence-electron chi connectivity index (χ3n) is 5.51. The number of aryl methyl sites for hydroxylation is 1. The van der Waals surface area contributed by atoms with E-state index in [1.54, 1.807) is 19.5 Å². The van der Waals surface area contributed by atoms with Crippen molar-refractivity contribution in [2.75, 3.05) is 18.6 Å². The summed E-state index contributed by atoms with van der Waals surface area (Å²) in [4.78, 5) is 28.1. The van der Waals surface area contributed by atoms with Gasteiger partial charge in [-0.3, -0.25) is 14.8 Å². The first-order valence-corrected chi connectivity index (χ1v) is 10.1. The Bertz CT molecular complexity index is 1320. The van der Waals surface area contributed by atoms with Crippen LogP contribution < -0.4 is 10.5 Å². The van der Waals surface area contributed by atoms with Crippen molar-refractivity contribution in [1.82, 2.24) is 24.6 Å². The molecule has 8 nitrogen and oxygen atoms in total. The maximum atomic E-state index is 12.6. The molecule has 1 aliphatic rings. The van der Waals surface area contributed by atoms with Gasteiger partial charge < -0.3 is 9.64 Å². The zero-order valence-electron chi connectivity index (χ0n) is 17.4. The Morgan fingerprint density at radius 2 is 1.97 bits per heavy atom. The lowest BCUT2D eigenvalue weighted by atomic mass is 10.0. The van der Waals surface area contributed by atoms with Crippen molar-refractivity contribution in [3.05, 3.63) is 81.8 Å². The minimum Gasteiger partial charge on any atom is -0.378 e. The van der Waals surface area contributed by atoms with Crippen LogP contribution in [0.15, 0.2) is 53.7 Å². The van der Waals surface area contributed by atoms with Gasteiger partial charge in [0, 0.05) is 62.5 Å². The Morgan fingerprint density at radius 1 is 1.13 bits per heavy atom. The summed E-state index contributed by atoms with van der Waals surface area (Å²) in [6, 6.07) is 9.53. The number of anilines is 1. The normalized spacial score (nSPS) is 13.4. The lowest BCUT2D eigenvalue weighted by molar-refractivity contribution is 0.181. The third kappa shape index (κ3) is 3.66. The molecule has 0 saturated carbocycles. The third-order valence-corrected chi connectivity index (χ3v) is 5.51. The quantitative estimate of drug-likeness (QED) is 0.507. The van der Waals surface area contributed by atoms with Crippen LogP contribution in [-0.2, 0) is 24.3 Å². The Labute approximate surface area is 179 Å². The van der Waals surface area contributed by atoms with Gasteiger partial charge in [0.15, 0.2) is 11.5 Å². The van der Waals surface area contributed by atoms with Crippen LogP contribution in [0.2, 0.25) is 0 Å². The second-order valence-corrected chi connectivity index (χ2v) is 7.68. The summed E-state index contributed by atoms with van der Waals surface area (Å²) in [6.07, 6.45) is 6.32. The second-order valence-electron chi connectivity index (χ2n) is 7.68. The molecule has 4 aromatic rings. The van der Waals surface area contributed by atoms with Gasteiger partial charge in [0.25, 0.3) is 5.56 Å². The molecule has 8 heteroatoms. The number of methoxy groups -OCH3 is 1. The molecule has 156 valence electrons. The van der Waals surface area contributed by atoms with Crippen molar-refractivity contribution in [3.8, 4) is 11.1 Å². The minimum absolute atomic E-state index is 0.211. The molecule has 0 bridgehead atoms. The molecule has 0 amide bonds. The van der Waals surface area contributed by atoms with E-state index in [0.29, 0.717) is 24.5 Å². The maximum absolute atomic E-state index is 12.6. The molecule has 1 aliphatic heterocycles. The average Bonchev–Trinajstić information content (AvgIpc) is 2.79. The number of hydrogen-bond acceptors (Lipinski definition) is 7. The summed E-state index contributed by atoms with van der Waals surface area (Å²) in [6.45, 7) is 3.77. The highest BCUT2D eigenvalue weighted by atomic mass is 16.5. The molecule has 4 aromatic heterocycles.